The Kier molecular flexibility index (Phi) is 6.68. The van der Waals surface area contributed by atoms with Crippen LogP contribution in [0.3, 0.4) is 0 Å². The number of nitrogens with zero attached hydrogens (tertiary/aromatic N) is 1. The standard InChI is InChI=1S/C15H23N3O3/c1-11-5-6-12(17-14(19)7-8-16-2)13(9-11)21-10-15(20)18(3)4/h5-6,9,16H,7-8,10H2,1-4H3,(H,17,19). The first-order valence-corrected chi connectivity index (χ1v) is 6.82. The third-order valence-corrected chi connectivity index (χ3v) is 2.86. The molecule has 0 heterocycles. The van der Waals surface area contributed by atoms with Gasteiger partial charge in [0.15, 0.2) is 6.61 Å². The van der Waals surface area contributed by atoms with E-state index in [1.165, 1.54) is 4.90 Å². The molecule has 0 spiro atoms. The molecule has 0 bridgehead atoms. The van der Waals surface area contributed by atoms with Crippen molar-refractivity contribution in [2.24, 2.45) is 0 Å². The van der Waals surface area contributed by atoms with Crippen molar-refractivity contribution in [3.63, 3.8) is 0 Å². The van der Waals surface area contributed by atoms with E-state index in [-0.39, 0.29) is 18.4 Å². The average molecular weight is 293 g/mol. The molecule has 0 aliphatic carbocycles. The number of amides is 2. The first kappa shape index (κ1) is 17.0. The van der Waals surface area contributed by atoms with Gasteiger partial charge in [-0.25, -0.2) is 0 Å². The molecule has 6 heteroatoms. The van der Waals surface area contributed by atoms with Crippen molar-refractivity contribution >= 4 is 17.5 Å². The maximum atomic E-state index is 11.8. The Bertz CT molecular complexity index is 501. The SMILES string of the molecule is CNCCC(=O)Nc1ccc(C)cc1OCC(=O)N(C)C. The zero-order valence-corrected chi connectivity index (χ0v) is 13.0. The minimum Gasteiger partial charge on any atom is -0.482 e. The summed E-state index contributed by atoms with van der Waals surface area (Å²) in [6.45, 7) is 2.47. The minimum absolute atomic E-state index is 0.0597. The van der Waals surface area contributed by atoms with Crippen molar-refractivity contribution < 1.29 is 14.3 Å². The molecule has 0 atom stereocenters. The van der Waals surface area contributed by atoms with Gasteiger partial charge in [-0.15, -0.1) is 0 Å². The van der Waals surface area contributed by atoms with Crippen LogP contribution in [0.25, 0.3) is 0 Å². The minimum atomic E-state index is -0.135. The maximum Gasteiger partial charge on any atom is 0.259 e. The zero-order valence-electron chi connectivity index (χ0n) is 13.0. The van der Waals surface area contributed by atoms with Gasteiger partial charge in [-0.2, -0.15) is 0 Å². The summed E-state index contributed by atoms with van der Waals surface area (Å²) in [6, 6.07) is 5.47. The molecular formula is C15H23N3O3. The molecule has 0 aromatic heterocycles. The van der Waals surface area contributed by atoms with Crippen molar-refractivity contribution in [2.45, 2.75) is 13.3 Å². The van der Waals surface area contributed by atoms with Crippen molar-refractivity contribution in [3.8, 4) is 5.75 Å². The first-order valence-electron chi connectivity index (χ1n) is 6.82. The molecular weight excluding hydrogens is 270 g/mol. The number of carbonyl (C=O) groups excluding carboxylic acids is 2. The van der Waals surface area contributed by atoms with Crippen LogP contribution in [0.1, 0.15) is 12.0 Å². The summed E-state index contributed by atoms with van der Waals surface area (Å²) in [4.78, 5) is 24.8. The number of anilines is 1. The number of rotatable bonds is 7. The third-order valence-electron chi connectivity index (χ3n) is 2.86. The lowest BCUT2D eigenvalue weighted by molar-refractivity contribution is -0.130. The number of benzene rings is 1. The number of hydrogen-bond donors (Lipinski definition) is 2. The number of aryl methyl sites for hydroxylation is 1. The Balaban J connectivity index is 2.75. The highest BCUT2D eigenvalue weighted by molar-refractivity contribution is 5.92. The molecule has 0 aliphatic rings. The van der Waals surface area contributed by atoms with Gasteiger partial charge in [0, 0.05) is 27.1 Å². The number of likely N-dealkylation sites (N-methyl/N-ethyl adjacent to an activating group) is 1. The van der Waals surface area contributed by atoms with Crippen LogP contribution in [0.15, 0.2) is 18.2 Å². The molecule has 0 saturated heterocycles. The van der Waals surface area contributed by atoms with Crippen LogP contribution in [0.4, 0.5) is 5.69 Å². The first-order chi connectivity index (χ1) is 9.93. The van der Waals surface area contributed by atoms with Crippen molar-refractivity contribution in [1.29, 1.82) is 0 Å². The average Bonchev–Trinajstić information content (AvgIpc) is 2.44. The summed E-state index contributed by atoms with van der Waals surface area (Å²) in [5.41, 5.74) is 1.57. The lowest BCUT2D eigenvalue weighted by Gasteiger charge is -2.15. The van der Waals surface area contributed by atoms with Gasteiger partial charge in [0.1, 0.15) is 5.75 Å². The molecule has 0 fully saturated rings. The van der Waals surface area contributed by atoms with Crippen LogP contribution in [-0.2, 0) is 9.59 Å². The van der Waals surface area contributed by atoms with Gasteiger partial charge in [0.25, 0.3) is 5.91 Å². The van der Waals surface area contributed by atoms with E-state index in [1.807, 2.05) is 13.0 Å². The largest absolute Gasteiger partial charge is 0.482 e. The van der Waals surface area contributed by atoms with Crippen LogP contribution >= 0.6 is 0 Å². The predicted octanol–water partition coefficient (Wildman–Crippen LogP) is 1.01. The number of ether oxygens (including phenoxy) is 1. The van der Waals surface area contributed by atoms with Crippen LogP contribution in [0.5, 0.6) is 5.75 Å². The Morgan fingerprint density at radius 2 is 2.00 bits per heavy atom. The highest BCUT2D eigenvalue weighted by Gasteiger charge is 2.11. The number of hydrogen-bond acceptors (Lipinski definition) is 4. The van der Waals surface area contributed by atoms with Crippen molar-refractivity contribution in [1.82, 2.24) is 10.2 Å². The second-order valence-electron chi connectivity index (χ2n) is 4.98. The highest BCUT2D eigenvalue weighted by atomic mass is 16.5. The molecule has 1 rings (SSSR count). The lowest BCUT2D eigenvalue weighted by atomic mass is 10.2. The van der Waals surface area contributed by atoms with Crippen LogP contribution in [0.2, 0.25) is 0 Å². The van der Waals surface area contributed by atoms with Crippen LogP contribution in [-0.4, -0.2) is 51.0 Å². The molecule has 0 aliphatic heterocycles. The van der Waals surface area contributed by atoms with Gasteiger partial charge in [0.2, 0.25) is 5.91 Å². The van der Waals surface area contributed by atoms with Crippen LogP contribution in [0, 0.1) is 6.92 Å². The second kappa shape index (κ2) is 8.26. The fourth-order valence-electron chi connectivity index (χ4n) is 1.57. The van der Waals surface area contributed by atoms with Gasteiger partial charge in [0.05, 0.1) is 5.69 Å². The van der Waals surface area contributed by atoms with E-state index in [4.69, 9.17) is 4.74 Å². The number of carbonyl (C=O) groups is 2. The fourth-order valence-corrected chi connectivity index (χ4v) is 1.57. The molecule has 1 aromatic rings. The highest BCUT2D eigenvalue weighted by Crippen LogP contribution is 2.26. The molecule has 1 aromatic carbocycles. The lowest BCUT2D eigenvalue weighted by Crippen LogP contribution is -2.27. The Labute approximate surface area is 125 Å². The summed E-state index contributed by atoms with van der Waals surface area (Å²) < 4.78 is 5.52. The summed E-state index contributed by atoms with van der Waals surface area (Å²) in [5.74, 6) is 0.268. The smallest absolute Gasteiger partial charge is 0.259 e. The fraction of sp³-hybridized carbons (Fsp3) is 0.467. The van der Waals surface area contributed by atoms with E-state index < -0.39 is 0 Å². The zero-order chi connectivity index (χ0) is 15.8. The molecule has 6 nitrogen and oxygen atoms in total. The molecule has 21 heavy (non-hydrogen) atoms. The maximum absolute atomic E-state index is 11.8. The summed E-state index contributed by atoms with van der Waals surface area (Å²) in [5, 5.41) is 5.72. The van der Waals surface area contributed by atoms with Gasteiger partial charge in [-0.3, -0.25) is 9.59 Å². The van der Waals surface area contributed by atoms with E-state index in [0.717, 1.165) is 5.56 Å². The van der Waals surface area contributed by atoms with Gasteiger partial charge in [-0.05, 0) is 31.7 Å². The molecule has 116 valence electrons. The number of nitrogens with one attached hydrogen (secondary N) is 2. The molecule has 0 unspecified atom stereocenters. The Hall–Kier alpha value is -2.08. The molecule has 0 saturated carbocycles. The van der Waals surface area contributed by atoms with Crippen LogP contribution < -0.4 is 15.4 Å². The van der Waals surface area contributed by atoms with Gasteiger partial charge in [-0.1, -0.05) is 6.07 Å². The molecule has 0 radical (unpaired) electrons. The summed E-state index contributed by atoms with van der Waals surface area (Å²) >= 11 is 0. The third kappa shape index (κ3) is 5.83. The second-order valence-corrected chi connectivity index (χ2v) is 4.98. The quantitative estimate of drug-likeness (QED) is 0.787. The summed E-state index contributed by atoms with van der Waals surface area (Å²) in [7, 11) is 5.13. The van der Waals surface area contributed by atoms with E-state index in [9.17, 15) is 9.59 Å². The van der Waals surface area contributed by atoms with E-state index in [2.05, 4.69) is 10.6 Å². The normalized spacial score (nSPS) is 10.1. The monoisotopic (exact) mass is 293 g/mol. The Morgan fingerprint density at radius 3 is 2.62 bits per heavy atom. The topological polar surface area (TPSA) is 70.7 Å². The van der Waals surface area contributed by atoms with Gasteiger partial charge < -0.3 is 20.3 Å². The van der Waals surface area contributed by atoms with Crippen molar-refractivity contribution in [3.05, 3.63) is 23.8 Å². The van der Waals surface area contributed by atoms with E-state index >= 15 is 0 Å². The van der Waals surface area contributed by atoms with Gasteiger partial charge >= 0.3 is 0 Å². The summed E-state index contributed by atoms with van der Waals surface area (Å²) in [6.07, 6.45) is 0.375. The van der Waals surface area contributed by atoms with E-state index in [0.29, 0.717) is 24.4 Å². The predicted molar refractivity (Wildman–Crippen MR) is 82.5 cm³/mol. The van der Waals surface area contributed by atoms with E-state index in [1.54, 1.807) is 33.3 Å². The molecule has 2 N–H and O–H groups in total. The Morgan fingerprint density at radius 1 is 1.29 bits per heavy atom. The molecule has 2 amide bonds. The van der Waals surface area contributed by atoms with Crippen molar-refractivity contribution in [2.75, 3.05) is 39.6 Å².